The third-order valence-electron chi connectivity index (χ3n) is 6.07. The Hall–Kier alpha value is -3.39. The van der Waals surface area contributed by atoms with Crippen molar-refractivity contribution in [3.63, 3.8) is 0 Å². The number of nitrogens with one attached hydrogen (secondary N) is 1. The number of hydrogen-bond acceptors (Lipinski definition) is 5. The standard InChI is InChI=1S/C23H22FN3O4/c1-13-12-31-22-19-15(21(28)16(23(29)30)10-27(13)19)9-17(24)20(22)26-8-7-25-18(11-26)14-5-3-2-4-6-14/h2-6,9-10,13,18,25H,7-8,11-12H2,1H3,(H,29,30). The predicted molar refractivity (Wildman–Crippen MR) is 115 cm³/mol. The van der Waals surface area contributed by atoms with E-state index in [1.807, 2.05) is 42.2 Å². The fourth-order valence-electron chi connectivity index (χ4n) is 4.52. The molecular formula is C23H22FN3O4. The van der Waals surface area contributed by atoms with Crippen molar-refractivity contribution in [2.75, 3.05) is 31.1 Å². The van der Waals surface area contributed by atoms with Crippen molar-refractivity contribution in [2.24, 2.45) is 0 Å². The van der Waals surface area contributed by atoms with Crippen LogP contribution < -0.4 is 20.4 Å². The number of nitrogens with zero attached hydrogens (tertiary/aromatic N) is 2. The maximum atomic E-state index is 15.4. The predicted octanol–water partition coefficient (Wildman–Crippen LogP) is 2.94. The number of carboxylic acids is 1. The monoisotopic (exact) mass is 423 g/mol. The minimum absolute atomic E-state index is 0.0244. The molecule has 1 aromatic heterocycles. The fourth-order valence-corrected chi connectivity index (χ4v) is 4.52. The molecule has 5 rings (SSSR count). The summed E-state index contributed by atoms with van der Waals surface area (Å²) in [5.74, 6) is -1.61. The van der Waals surface area contributed by atoms with E-state index in [0.717, 1.165) is 11.6 Å². The quantitative estimate of drug-likeness (QED) is 0.674. The lowest BCUT2D eigenvalue weighted by atomic mass is 10.0. The van der Waals surface area contributed by atoms with Crippen molar-refractivity contribution in [1.82, 2.24) is 9.88 Å². The zero-order chi connectivity index (χ0) is 21.7. The van der Waals surface area contributed by atoms with E-state index < -0.39 is 17.2 Å². The van der Waals surface area contributed by atoms with E-state index in [1.54, 1.807) is 4.57 Å². The highest BCUT2D eigenvalue weighted by molar-refractivity contribution is 5.97. The van der Waals surface area contributed by atoms with Crippen LogP contribution in [-0.2, 0) is 0 Å². The molecular weight excluding hydrogens is 401 g/mol. The second-order valence-corrected chi connectivity index (χ2v) is 8.04. The van der Waals surface area contributed by atoms with Gasteiger partial charge in [0.05, 0.1) is 16.9 Å². The van der Waals surface area contributed by atoms with Crippen LogP contribution in [0.1, 0.15) is 34.9 Å². The van der Waals surface area contributed by atoms with E-state index in [2.05, 4.69) is 5.32 Å². The average molecular weight is 423 g/mol. The normalized spacial score (nSPS) is 20.5. The number of ether oxygens (including phenoxy) is 1. The van der Waals surface area contributed by atoms with Crippen LogP contribution in [0.3, 0.4) is 0 Å². The molecule has 2 N–H and O–H groups in total. The number of halogens is 1. The van der Waals surface area contributed by atoms with Gasteiger partial charge in [-0.1, -0.05) is 30.3 Å². The second kappa shape index (κ2) is 7.39. The first-order valence-electron chi connectivity index (χ1n) is 10.3. The van der Waals surface area contributed by atoms with Crippen molar-refractivity contribution < 1.29 is 19.0 Å². The lowest BCUT2D eigenvalue weighted by molar-refractivity contribution is 0.0694. The van der Waals surface area contributed by atoms with Gasteiger partial charge in [0.1, 0.15) is 17.9 Å². The van der Waals surface area contributed by atoms with Crippen LogP contribution in [0.5, 0.6) is 5.75 Å². The molecule has 1 fully saturated rings. The zero-order valence-corrected chi connectivity index (χ0v) is 17.0. The Morgan fingerprint density at radius 3 is 2.81 bits per heavy atom. The summed E-state index contributed by atoms with van der Waals surface area (Å²) in [4.78, 5) is 26.3. The largest absolute Gasteiger partial charge is 0.487 e. The average Bonchev–Trinajstić information content (AvgIpc) is 2.78. The number of carbonyl (C=O) groups is 1. The van der Waals surface area contributed by atoms with Crippen LogP contribution in [0.4, 0.5) is 10.1 Å². The van der Waals surface area contributed by atoms with Crippen molar-refractivity contribution in [2.45, 2.75) is 19.0 Å². The summed E-state index contributed by atoms with van der Waals surface area (Å²) in [6.45, 7) is 3.91. The summed E-state index contributed by atoms with van der Waals surface area (Å²) in [6, 6.07) is 11.0. The van der Waals surface area contributed by atoms with Crippen LogP contribution in [0, 0.1) is 5.82 Å². The van der Waals surface area contributed by atoms with Gasteiger partial charge in [-0.3, -0.25) is 4.79 Å². The molecule has 0 spiro atoms. The van der Waals surface area contributed by atoms with Crippen LogP contribution in [-0.4, -0.2) is 41.9 Å². The number of aromatic carboxylic acids is 1. The molecule has 8 heteroatoms. The summed E-state index contributed by atoms with van der Waals surface area (Å²) in [5, 5.41) is 12.9. The van der Waals surface area contributed by atoms with E-state index in [9.17, 15) is 14.7 Å². The van der Waals surface area contributed by atoms with Gasteiger partial charge >= 0.3 is 5.97 Å². The first kappa shape index (κ1) is 19.6. The highest BCUT2D eigenvalue weighted by atomic mass is 19.1. The van der Waals surface area contributed by atoms with Gasteiger partial charge < -0.3 is 24.6 Å². The summed E-state index contributed by atoms with van der Waals surface area (Å²) >= 11 is 0. The minimum Gasteiger partial charge on any atom is -0.487 e. The molecule has 1 saturated heterocycles. The zero-order valence-electron chi connectivity index (χ0n) is 17.0. The van der Waals surface area contributed by atoms with Crippen molar-refractivity contribution in [3.8, 4) is 5.75 Å². The summed E-state index contributed by atoms with van der Waals surface area (Å²) in [7, 11) is 0. The van der Waals surface area contributed by atoms with E-state index in [4.69, 9.17) is 4.74 Å². The highest BCUT2D eigenvalue weighted by Gasteiger charge is 2.32. The van der Waals surface area contributed by atoms with Crippen molar-refractivity contribution in [3.05, 3.63) is 69.8 Å². The summed E-state index contributed by atoms with van der Waals surface area (Å²) in [6.07, 6.45) is 1.34. The van der Waals surface area contributed by atoms with Gasteiger partial charge in [-0.25, -0.2) is 9.18 Å². The number of aromatic nitrogens is 1. The fraction of sp³-hybridized carbons (Fsp3) is 0.304. The molecule has 3 aromatic rings. The first-order chi connectivity index (χ1) is 15.0. The van der Waals surface area contributed by atoms with Gasteiger partial charge in [0.2, 0.25) is 5.43 Å². The lowest BCUT2D eigenvalue weighted by Crippen LogP contribution is -2.46. The van der Waals surface area contributed by atoms with Gasteiger partial charge in [0, 0.05) is 31.9 Å². The van der Waals surface area contributed by atoms with Crippen LogP contribution >= 0.6 is 0 Å². The Morgan fingerprint density at radius 2 is 2.06 bits per heavy atom. The molecule has 2 aliphatic rings. The smallest absolute Gasteiger partial charge is 0.341 e. The van der Waals surface area contributed by atoms with E-state index in [1.165, 1.54) is 6.20 Å². The molecule has 31 heavy (non-hydrogen) atoms. The molecule has 0 radical (unpaired) electrons. The van der Waals surface area contributed by atoms with Gasteiger partial charge in [-0.2, -0.15) is 0 Å². The lowest BCUT2D eigenvalue weighted by Gasteiger charge is -2.38. The molecule has 0 amide bonds. The molecule has 0 bridgehead atoms. The minimum atomic E-state index is -1.33. The van der Waals surface area contributed by atoms with E-state index in [0.29, 0.717) is 36.6 Å². The number of benzene rings is 2. The van der Waals surface area contributed by atoms with Gasteiger partial charge in [-0.15, -0.1) is 0 Å². The SMILES string of the molecule is CC1COc2c(N3CCNC(c4ccccc4)C3)c(F)cc3c(=O)c(C(=O)O)cn1c23. The van der Waals surface area contributed by atoms with Crippen LogP contribution in [0.25, 0.3) is 10.9 Å². The molecule has 2 aliphatic heterocycles. The molecule has 160 valence electrons. The summed E-state index contributed by atoms with van der Waals surface area (Å²) in [5.41, 5.74) is 0.800. The van der Waals surface area contributed by atoms with Gasteiger partial charge in [-0.05, 0) is 18.6 Å². The number of piperazine rings is 1. The third kappa shape index (κ3) is 3.14. The molecule has 7 nitrogen and oxygen atoms in total. The molecule has 3 heterocycles. The number of anilines is 1. The highest BCUT2D eigenvalue weighted by Crippen LogP contribution is 2.42. The van der Waals surface area contributed by atoms with Crippen molar-refractivity contribution >= 4 is 22.6 Å². The Kier molecular flexibility index (Phi) is 4.66. The molecule has 0 aliphatic carbocycles. The topological polar surface area (TPSA) is 83.8 Å². The Bertz CT molecular complexity index is 1240. The van der Waals surface area contributed by atoms with Crippen LogP contribution in [0.2, 0.25) is 0 Å². The molecule has 2 unspecified atom stereocenters. The Balaban J connectivity index is 1.67. The molecule has 2 aromatic carbocycles. The number of hydrogen-bond donors (Lipinski definition) is 2. The number of pyridine rings is 1. The maximum Gasteiger partial charge on any atom is 0.341 e. The number of carboxylic acid groups (broad SMARTS) is 1. The van der Waals surface area contributed by atoms with Crippen molar-refractivity contribution in [1.29, 1.82) is 0 Å². The van der Waals surface area contributed by atoms with E-state index in [-0.39, 0.29) is 29.6 Å². The van der Waals surface area contributed by atoms with E-state index >= 15 is 4.39 Å². The summed E-state index contributed by atoms with van der Waals surface area (Å²) < 4.78 is 23.1. The van der Waals surface area contributed by atoms with Gasteiger partial charge in [0.25, 0.3) is 0 Å². The third-order valence-corrected chi connectivity index (χ3v) is 6.07. The number of rotatable bonds is 3. The molecule has 2 atom stereocenters. The van der Waals surface area contributed by atoms with Crippen LogP contribution in [0.15, 0.2) is 47.4 Å². The van der Waals surface area contributed by atoms with Gasteiger partial charge in [0.15, 0.2) is 11.6 Å². The Labute approximate surface area is 177 Å². The second-order valence-electron chi connectivity index (χ2n) is 8.04. The molecule has 0 saturated carbocycles. The first-order valence-corrected chi connectivity index (χ1v) is 10.3. The Morgan fingerprint density at radius 1 is 1.29 bits per heavy atom. The maximum absolute atomic E-state index is 15.4.